The predicted octanol–water partition coefficient (Wildman–Crippen LogP) is 0.244. The highest BCUT2D eigenvalue weighted by Gasteiger charge is 2.40. The SMILES string of the molecule is CC(N)CN1CC2CCC(C1)C2=O. The Balaban J connectivity index is 1.95. The average Bonchev–Trinajstić information content (AvgIpc) is 2.33. The molecule has 3 unspecified atom stereocenters. The summed E-state index contributed by atoms with van der Waals surface area (Å²) in [6.45, 7) is 4.88. The first kappa shape index (κ1) is 9.16. The maximum atomic E-state index is 11.6. The number of hydrogen-bond acceptors (Lipinski definition) is 3. The van der Waals surface area contributed by atoms with E-state index in [1.54, 1.807) is 0 Å². The van der Waals surface area contributed by atoms with Crippen LogP contribution in [0.15, 0.2) is 0 Å². The van der Waals surface area contributed by atoms with Gasteiger partial charge in [0.2, 0.25) is 0 Å². The van der Waals surface area contributed by atoms with Gasteiger partial charge in [-0.1, -0.05) is 0 Å². The molecule has 13 heavy (non-hydrogen) atoms. The molecule has 3 nitrogen and oxygen atoms in total. The number of Topliss-reactive ketones (excluding diaryl/α,β-unsaturated/α-hetero) is 1. The van der Waals surface area contributed by atoms with E-state index in [0.29, 0.717) is 17.6 Å². The number of piperidine rings is 1. The van der Waals surface area contributed by atoms with Crippen LogP contribution in [0.5, 0.6) is 0 Å². The normalized spacial score (nSPS) is 36.6. The van der Waals surface area contributed by atoms with E-state index < -0.39 is 0 Å². The van der Waals surface area contributed by atoms with Gasteiger partial charge >= 0.3 is 0 Å². The Morgan fingerprint density at radius 1 is 1.46 bits per heavy atom. The second kappa shape index (κ2) is 3.39. The highest BCUT2D eigenvalue weighted by Crippen LogP contribution is 2.32. The fourth-order valence-electron chi connectivity index (χ4n) is 2.64. The second-order valence-electron chi connectivity index (χ2n) is 4.57. The van der Waals surface area contributed by atoms with Crippen molar-refractivity contribution in [3.05, 3.63) is 0 Å². The Morgan fingerprint density at radius 2 is 2.00 bits per heavy atom. The molecule has 2 bridgehead atoms. The summed E-state index contributed by atoms with van der Waals surface area (Å²) in [5.74, 6) is 1.18. The van der Waals surface area contributed by atoms with Gasteiger partial charge in [0.15, 0.2) is 0 Å². The Morgan fingerprint density at radius 3 is 2.46 bits per heavy atom. The second-order valence-corrected chi connectivity index (χ2v) is 4.57. The molecule has 2 rings (SSSR count). The van der Waals surface area contributed by atoms with Crippen molar-refractivity contribution in [1.29, 1.82) is 0 Å². The van der Waals surface area contributed by atoms with E-state index in [9.17, 15) is 4.79 Å². The van der Waals surface area contributed by atoms with Crippen LogP contribution in [0.4, 0.5) is 0 Å². The number of rotatable bonds is 2. The highest BCUT2D eigenvalue weighted by molar-refractivity contribution is 5.86. The maximum Gasteiger partial charge on any atom is 0.141 e. The van der Waals surface area contributed by atoms with E-state index in [1.165, 1.54) is 0 Å². The number of nitrogens with two attached hydrogens (primary N) is 1. The van der Waals surface area contributed by atoms with Gasteiger partial charge in [0.05, 0.1) is 0 Å². The Labute approximate surface area is 79.3 Å². The molecule has 1 aliphatic carbocycles. The van der Waals surface area contributed by atoms with Crippen LogP contribution in [0.25, 0.3) is 0 Å². The van der Waals surface area contributed by atoms with Gasteiger partial charge in [0.1, 0.15) is 5.78 Å². The van der Waals surface area contributed by atoms with Gasteiger partial charge in [-0.25, -0.2) is 0 Å². The topological polar surface area (TPSA) is 46.3 Å². The number of carbonyl (C=O) groups excluding carboxylic acids is 1. The molecule has 0 spiro atoms. The molecule has 0 amide bonds. The Hall–Kier alpha value is -0.410. The first-order chi connectivity index (χ1) is 6.16. The van der Waals surface area contributed by atoms with Crippen molar-refractivity contribution in [2.24, 2.45) is 17.6 Å². The summed E-state index contributed by atoms with van der Waals surface area (Å²) in [6, 6.07) is 0.229. The van der Waals surface area contributed by atoms with Gasteiger partial charge in [0.25, 0.3) is 0 Å². The number of ketones is 1. The van der Waals surface area contributed by atoms with Gasteiger partial charge in [-0.05, 0) is 19.8 Å². The summed E-state index contributed by atoms with van der Waals surface area (Å²) in [5, 5.41) is 0. The van der Waals surface area contributed by atoms with Crippen molar-refractivity contribution in [1.82, 2.24) is 4.90 Å². The number of likely N-dealkylation sites (tertiary alicyclic amines) is 1. The molecule has 0 radical (unpaired) electrons. The van der Waals surface area contributed by atoms with Crippen LogP contribution in [0, 0.1) is 11.8 Å². The molecule has 0 aromatic heterocycles. The fraction of sp³-hybridized carbons (Fsp3) is 0.900. The molecular formula is C10H18N2O. The van der Waals surface area contributed by atoms with Crippen LogP contribution < -0.4 is 5.73 Å². The third kappa shape index (κ3) is 1.76. The molecule has 2 N–H and O–H groups in total. The molecule has 0 aromatic carbocycles. The monoisotopic (exact) mass is 182 g/mol. The summed E-state index contributed by atoms with van der Waals surface area (Å²) < 4.78 is 0. The number of nitrogens with zero attached hydrogens (tertiary/aromatic N) is 1. The minimum absolute atomic E-state index is 0.229. The molecule has 74 valence electrons. The molecule has 2 aliphatic rings. The van der Waals surface area contributed by atoms with Crippen molar-refractivity contribution in [3.8, 4) is 0 Å². The zero-order valence-electron chi connectivity index (χ0n) is 8.20. The maximum absolute atomic E-state index is 11.6. The lowest BCUT2D eigenvalue weighted by atomic mass is 9.97. The summed E-state index contributed by atoms with van der Waals surface area (Å²) in [5.41, 5.74) is 5.74. The zero-order valence-corrected chi connectivity index (χ0v) is 8.20. The van der Waals surface area contributed by atoms with Gasteiger partial charge in [-0.3, -0.25) is 4.79 Å². The molecule has 1 aliphatic heterocycles. The minimum atomic E-state index is 0.229. The molecule has 1 heterocycles. The molecule has 3 heteroatoms. The molecular weight excluding hydrogens is 164 g/mol. The van der Waals surface area contributed by atoms with E-state index in [-0.39, 0.29) is 6.04 Å². The van der Waals surface area contributed by atoms with Crippen molar-refractivity contribution >= 4 is 5.78 Å². The van der Waals surface area contributed by atoms with Crippen LogP contribution in [-0.4, -0.2) is 36.4 Å². The molecule has 2 fully saturated rings. The first-order valence-corrected chi connectivity index (χ1v) is 5.18. The minimum Gasteiger partial charge on any atom is -0.327 e. The van der Waals surface area contributed by atoms with Crippen molar-refractivity contribution in [3.63, 3.8) is 0 Å². The average molecular weight is 182 g/mol. The predicted molar refractivity (Wildman–Crippen MR) is 51.3 cm³/mol. The molecule has 1 saturated heterocycles. The van der Waals surface area contributed by atoms with E-state index in [2.05, 4.69) is 4.90 Å². The lowest BCUT2D eigenvalue weighted by Gasteiger charge is -2.31. The van der Waals surface area contributed by atoms with Crippen molar-refractivity contribution in [2.45, 2.75) is 25.8 Å². The van der Waals surface area contributed by atoms with E-state index in [4.69, 9.17) is 5.73 Å². The van der Waals surface area contributed by atoms with E-state index in [0.717, 1.165) is 32.5 Å². The summed E-state index contributed by atoms with van der Waals surface area (Å²) in [4.78, 5) is 13.9. The summed E-state index contributed by atoms with van der Waals surface area (Å²) in [6.07, 6.45) is 2.22. The van der Waals surface area contributed by atoms with Crippen LogP contribution in [0.3, 0.4) is 0 Å². The van der Waals surface area contributed by atoms with Crippen molar-refractivity contribution in [2.75, 3.05) is 19.6 Å². The van der Waals surface area contributed by atoms with Crippen LogP contribution >= 0.6 is 0 Å². The zero-order chi connectivity index (χ0) is 9.42. The lowest BCUT2D eigenvalue weighted by molar-refractivity contribution is -0.127. The molecule has 0 aromatic rings. The van der Waals surface area contributed by atoms with Gasteiger partial charge in [-0.15, -0.1) is 0 Å². The van der Waals surface area contributed by atoms with Gasteiger partial charge in [-0.2, -0.15) is 0 Å². The van der Waals surface area contributed by atoms with Crippen molar-refractivity contribution < 1.29 is 4.79 Å². The quantitative estimate of drug-likeness (QED) is 0.665. The Kier molecular flexibility index (Phi) is 2.39. The molecule has 3 atom stereocenters. The fourth-order valence-corrected chi connectivity index (χ4v) is 2.64. The van der Waals surface area contributed by atoms with E-state index >= 15 is 0 Å². The first-order valence-electron chi connectivity index (χ1n) is 5.18. The third-order valence-corrected chi connectivity index (χ3v) is 3.17. The number of fused-ring (bicyclic) bond motifs is 2. The van der Waals surface area contributed by atoms with Gasteiger partial charge in [0, 0.05) is 37.5 Å². The van der Waals surface area contributed by atoms with E-state index in [1.807, 2.05) is 6.92 Å². The number of carbonyl (C=O) groups is 1. The Bertz CT molecular complexity index is 199. The molecule has 1 saturated carbocycles. The number of hydrogen-bond donors (Lipinski definition) is 1. The third-order valence-electron chi connectivity index (χ3n) is 3.17. The highest BCUT2D eigenvalue weighted by atomic mass is 16.1. The van der Waals surface area contributed by atoms with Crippen LogP contribution in [-0.2, 0) is 4.79 Å². The lowest BCUT2D eigenvalue weighted by Crippen LogP contribution is -2.46. The van der Waals surface area contributed by atoms with Crippen LogP contribution in [0.1, 0.15) is 19.8 Å². The summed E-state index contributed by atoms with van der Waals surface area (Å²) >= 11 is 0. The van der Waals surface area contributed by atoms with Gasteiger partial charge < -0.3 is 10.6 Å². The smallest absolute Gasteiger partial charge is 0.141 e. The largest absolute Gasteiger partial charge is 0.327 e. The summed E-state index contributed by atoms with van der Waals surface area (Å²) in [7, 11) is 0. The van der Waals surface area contributed by atoms with Crippen LogP contribution in [0.2, 0.25) is 0 Å². The standard InChI is InChI=1S/C10H18N2O/c1-7(11)4-12-5-8-2-3-9(6-12)10(8)13/h7-9H,2-6,11H2,1H3.